The zero-order chi connectivity index (χ0) is 21.5. The van der Waals surface area contributed by atoms with Gasteiger partial charge in [0.1, 0.15) is 5.70 Å². The Morgan fingerprint density at radius 2 is 1.65 bits per heavy atom. The topological polar surface area (TPSA) is 59.1 Å². The second-order valence-electron chi connectivity index (χ2n) is 8.64. The molecule has 0 saturated carbocycles. The molecular formula is C25H26N2O4. The highest BCUT2D eigenvalue weighted by Gasteiger charge is 2.42. The van der Waals surface area contributed by atoms with E-state index >= 15 is 0 Å². The van der Waals surface area contributed by atoms with Gasteiger partial charge in [0, 0.05) is 13.1 Å². The summed E-state index contributed by atoms with van der Waals surface area (Å²) in [6.07, 6.45) is 2.04. The van der Waals surface area contributed by atoms with E-state index < -0.39 is 0 Å². The van der Waals surface area contributed by atoms with Gasteiger partial charge in [-0.2, -0.15) is 0 Å². The Labute approximate surface area is 182 Å². The van der Waals surface area contributed by atoms with Gasteiger partial charge in [0.05, 0.1) is 12.1 Å². The van der Waals surface area contributed by atoms with Gasteiger partial charge >= 0.3 is 0 Å². The summed E-state index contributed by atoms with van der Waals surface area (Å²) in [5, 5.41) is 0. The molecule has 6 nitrogen and oxygen atoms in total. The lowest BCUT2D eigenvalue weighted by Crippen LogP contribution is -2.38. The molecule has 0 aromatic heterocycles. The van der Waals surface area contributed by atoms with Crippen molar-refractivity contribution in [2.75, 3.05) is 19.9 Å². The van der Waals surface area contributed by atoms with Crippen molar-refractivity contribution >= 4 is 17.4 Å². The number of likely N-dealkylation sites (tertiary alicyclic amines) is 1. The van der Waals surface area contributed by atoms with Crippen LogP contribution in [0.1, 0.15) is 36.5 Å². The highest BCUT2D eigenvalue weighted by Crippen LogP contribution is 2.36. The third-order valence-electron chi connectivity index (χ3n) is 6.36. The number of rotatable bonds is 4. The van der Waals surface area contributed by atoms with Crippen LogP contribution < -0.4 is 9.47 Å². The van der Waals surface area contributed by atoms with E-state index in [-0.39, 0.29) is 25.2 Å². The SMILES string of the molecule is Cc1ccc(C2=C(N3CCC(C)CC3)C(=O)N(Cc3ccc4c(c3)OCO4)C2=O)cc1. The lowest BCUT2D eigenvalue weighted by molar-refractivity contribution is -0.138. The molecule has 5 rings (SSSR count). The van der Waals surface area contributed by atoms with Crippen molar-refractivity contribution in [2.24, 2.45) is 5.92 Å². The molecule has 0 radical (unpaired) electrons. The van der Waals surface area contributed by atoms with Crippen LogP contribution in [-0.2, 0) is 16.1 Å². The predicted octanol–water partition coefficient (Wildman–Crippen LogP) is 3.74. The Bertz CT molecular complexity index is 1070. The van der Waals surface area contributed by atoms with E-state index in [0.29, 0.717) is 28.7 Å². The number of hydrogen-bond acceptors (Lipinski definition) is 5. The van der Waals surface area contributed by atoms with E-state index in [1.807, 2.05) is 49.4 Å². The number of benzene rings is 2. The lowest BCUT2D eigenvalue weighted by Gasteiger charge is -2.32. The first-order valence-electron chi connectivity index (χ1n) is 10.8. The van der Waals surface area contributed by atoms with E-state index in [4.69, 9.17) is 9.47 Å². The molecule has 2 aromatic rings. The monoisotopic (exact) mass is 418 g/mol. The minimum absolute atomic E-state index is 0.191. The Kier molecular flexibility index (Phi) is 4.93. The highest BCUT2D eigenvalue weighted by molar-refractivity contribution is 6.35. The number of fused-ring (bicyclic) bond motifs is 1. The standard InChI is InChI=1S/C25H26N2O4/c1-16-3-6-19(7-4-16)22-23(26-11-9-17(2)10-12-26)25(29)27(24(22)28)14-18-5-8-20-21(13-18)31-15-30-20/h3-8,13,17H,9-12,14-15H2,1-2H3. The molecule has 1 saturated heterocycles. The Hall–Kier alpha value is -3.28. The Balaban J connectivity index is 1.49. The molecule has 0 aliphatic carbocycles. The molecule has 31 heavy (non-hydrogen) atoms. The first-order chi connectivity index (χ1) is 15.0. The van der Waals surface area contributed by atoms with Gasteiger partial charge in [-0.1, -0.05) is 42.8 Å². The fraction of sp³-hybridized carbons (Fsp3) is 0.360. The summed E-state index contributed by atoms with van der Waals surface area (Å²) < 4.78 is 10.8. The Morgan fingerprint density at radius 1 is 0.935 bits per heavy atom. The van der Waals surface area contributed by atoms with Crippen molar-refractivity contribution in [1.29, 1.82) is 0 Å². The summed E-state index contributed by atoms with van der Waals surface area (Å²) in [5.41, 5.74) is 3.81. The van der Waals surface area contributed by atoms with E-state index in [2.05, 4.69) is 11.8 Å². The maximum absolute atomic E-state index is 13.5. The summed E-state index contributed by atoms with van der Waals surface area (Å²) in [5.74, 6) is 1.52. The van der Waals surface area contributed by atoms with Crippen LogP contribution in [0.2, 0.25) is 0 Å². The third kappa shape index (κ3) is 3.56. The number of ether oxygens (including phenoxy) is 2. The van der Waals surface area contributed by atoms with Crippen LogP contribution >= 0.6 is 0 Å². The van der Waals surface area contributed by atoms with Gasteiger partial charge < -0.3 is 14.4 Å². The van der Waals surface area contributed by atoms with Gasteiger partial charge in [-0.3, -0.25) is 14.5 Å². The molecule has 1 fully saturated rings. The number of carbonyl (C=O) groups excluding carboxylic acids is 2. The van der Waals surface area contributed by atoms with Gasteiger partial charge in [-0.05, 0) is 48.9 Å². The van der Waals surface area contributed by atoms with Crippen molar-refractivity contribution in [3.8, 4) is 11.5 Å². The highest BCUT2D eigenvalue weighted by atomic mass is 16.7. The zero-order valence-corrected chi connectivity index (χ0v) is 17.9. The van der Waals surface area contributed by atoms with E-state index in [9.17, 15) is 9.59 Å². The first kappa shape index (κ1) is 19.7. The minimum Gasteiger partial charge on any atom is -0.454 e. The predicted molar refractivity (Wildman–Crippen MR) is 116 cm³/mol. The van der Waals surface area contributed by atoms with Gasteiger partial charge in [0.25, 0.3) is 11.8 Å². The quantitative estimate of drug-likeness (QED) is 0.708. The van der Waals surface area contributed by atoms with Crippen molar-refractivity contribution in [3.05, 3.63) is 64.9 Å². The molecule has 0 N–H and O–H groups in total. The summed E-state index contributed by atoms with van der Waals surface area (Å²) in [7, 11) is 0. The first-order valence-corrected chi connectivity index (χ1v) is 10.8. The molecule has 3 aliphatic rings. The number of nitrogens with zero attached hydrogens (tertiary/aromatic N) is 2. The molecule has 3 heterocycles. The van der Waals surface area contributed by atoms with Crippen molar-refractivity contribution in [1.82, 2.24) is 9.80 Å². The molecule has 6 heteroatoms. The maximum Gasteiger partial charge on any atom is 0.278 e. The molecule has 2 aromatic carbocycles. The smallest absolute Gasteiger partial charge is 0.278 e. The summed E-state index contributed by atoms with van der Waals surface area (Å²) in [4.78, 5) is 30.5. The molecule has 0 atom stereocenters. The number of amides is 2. The van der Waals surface area contributed by atoms with E-state index in [1.54, 1.807) is 0 Å². The van der Waals surface area contributed by atoms with Crippen LogP contribution in [0.3, 0.4) is 0 Å². The van der Waals surface area contributed by atoms with Crippen LogP contribution in [0.25, 0.3) is 5.57 Å². The average Bonchev–Trinajstić information content (AvgIpc) is 3.33. The number of hydrogen-bond donors (Lipinski definition) is 0. The lowest BCUT2D eigenvalue weighted by atomic mass is 9.97. The normalized spacial score (nSPS) is 19.0. The largest absolute Gasteiger partial charge is 0.454 e. The van der Waals surface area contributed by atoms with Crippen LogP contribution in [0.4, 0.5) is 0 Å². The third-order valence-corrected chi connectivity index (χ3v) is 6.36. The molecule has 2 amide bonds. The number of imide groups is 1. The van der Waals surface area contributed by atoms with E-state index in [0.717, 1.165) is 42.6 Å². The van der Waals surface area contributed by atoms with Crippen molar-refractivity contribution in [3.63, 3.8) is 0 Å². The van der Waals surface area contributed by atoms with Crippen LogP contribution in [0.5, 0.6) is 11.5 Å². The zero-order valence-electron chi connectivity index (χ0n) is 17.9. The van der Waals surface area contributed by atoms with Crippen molar-refractivity contribution < 1.29 is 19.1 Å². The second kappa shape index (κ2) is 7.76. The van der Waals surface area contributed by atoms with Crippen molar-refractivity contribution in [2.45, 2.75) is 33.2 Å². The van der Waals surface area contributed by atoms with Crippen LogP contribution in [0.15, 0.2) is 48.2 Å². The molecular weight excluding hydrogens is 392 g/mol. The van der Waals surface area contributed by atoms with Crippen LogP contribution in [0, 0.1) is 12.8 Å². The van der Waals surface area contributed by atoms with Gasteiger partial charge in [0.2, 0.25) is 6.79 Å². The van der Waals surface area contributed by atoms with Gasteiger partial charge in [-0.15, -0.1) is 0 Å². The minimum atomic E-state index is -0.236. The average molecular weight is 418 g/mol. The van der Waals surface area contributed by atoms with E-state index in [1.165, 1.54) is 4.90 Å². The van der Waals surface area contributed by atoms with Gasteiger partial charge in [-0.25, -0.2) is 0 Å². The molecule has 0 spiro atoms. The summed E-state index contributed by atoms with van der Waals surface area (Å²) in [6, 6.07) is 13.4. The second-order valence-corrected chi connectivity index (χ2v) is 8.64. The van der Waals surface area contributed by atoms with Crippen LogP contribution in [-0.4, -0.2) is 41.5 Å². The number of aryl methyl sites for hydroxylation is 1. The number of piperidine rings is 1. The molecule has 3 aliphatic heterocycles. The Morgan fingerprint density at radius 3 is 2.39 bits per heavy atom. The fourth-order valence-electron chi connectivity index (χ4n) is 4.43. The molecule has 0 bridgehead atoms. The number of carbonyl (C=O) groups is 2. The fourth-order valence-corrected chi connectivity index (χ4v) is 4.43. The summed E-state index contributed by atoms with van der Waals surface area (Å²) in [6.45, 7) is 6.23. The maximum atomic E-state index is 13.5. The summed E-state index contributed by atoms with van der Waals surface area (Å²) >= 11 is 0. The molecule has 0 unspecified atom stereocenters. The van der Waals surface area contributed by atoms with Gasteiger partial charge in [0.15, 0.2) is 11.5 Å². The molecule has 160 valence electrons.